The van der Waals surface area contributed by atoms with Crippen LogP contribution >= 0.6 is 11.6 Å². The van der Waals surface area contributed by atoms with Crippen LogP contribution < -0.4 is 21.7 Å². The number of nitrogens with zero attached hydrogens (tertiary/aromatic N) is 2. The second-order valence-corrected chi connectivity index (χ2v) is 8.40. The molecule has 172 valence electrons. The Morgan fingerprint density at radius 3 is 2.42 bits per heavy atom. The number of aromatic amines is 1. The molecule has 0 aliphatic carbocycles. The number of aromatic nitrogens is 2. The number of primary amides is 1. The molecule has 11 heteroatoms. The smallest absolute Gasteiger partial charge is 0.279 e. The number of amides is 3. The molecule has 0 bridgehead atoms. The number of carbonyl (C=O) groups is 3. The van der Waals surface area contributed by atoms with Crippen LogP contribution in [0.15, 0.2) is 48.8 Å². The van der Waals surface area contributed by atoms with Crippen molar-refractivity contribution in [2.75, 3.05) is 16.8 Å². The molecule has 0 unspecified atom stereocenters. The van der Waals surface area contributed by atoms with E-state index in [1.54, 1.807) is 38.1 Å². The van der Waals surface area contributed by atoms with Gasteiger partial charge in [-0.25, -0.2) is 9.37 Å². The minimum absolute atomic E-state index is 0.0182. The normalized spacial score (nSPS) is 11.2. The van der Waals surface area contributed by atoms with Gasteiger partial charge in [0.2, 0.25) is 0 Å². The molecule has 0 radical (unpaired) electrons. The van der Waals surface area contributed by atoms with Gasteiger partial charge in [0.05, 0.1) is 16.9 Å². The number of anilines is 2. The van der Waals surface area contributed by atoms with Crippen molar-refractivity contribution in [3.8, 4) is 0 Å². The first kappa shape index (κ1) is 23.9. The van der Waals surface area contributed by atoms with Crippen LogP contribution in [0, 0.1) is 5.82 Å². The number of halogens is 2. The van der Waals surface area contributed by atoms with Gasteiger partial charge in [0.1, 0.15) is 11.5 Å². The summed E-state index contributed by atoms with van der Waals surface area (Å²) in [7, 11) is 0. The molecule has 3 rings (SSSR count). The molecule has 0 aliphatic heterocycles. The van der Waals surface area contributed by atoms with Gasteiger partial charge in [-0.15, -0.1) is 0 Å². The fraction of sp³-hybridized carbons (Fsp3) is 0.182. The first-order valence-electron chi connectivity index (χ1n) is 9.76. The van der Waals surface area contributed by atoms with Gasteiger partial charge in [0.15, 0.2) is 5.69 Å². The van der Waals surface area contributed by atoms with Crippen molar-refractivity contribution in [3.63, 3.8) is 0 Å². The summed E-state index contributed by atoms with van der Waals surface area (Å²) in [6.07, 6.45) is 1.21. The number of rotatable bonds is 7. The van der Waals surface area contributed by atoms with Gasteiger partial charge < -0.3 is 26.7 Å². The minimum atomic E-state index is -0.819. The minimum Gasteiger partial charge on any atom is -0.364 e. The van der Waals surface area contributed by atoms with E-state index in [2.05, 4.69) is 15.3 Å². The molecule has 3 amide bonds. The monoisotopic (exact) mass is 472 g/mol. The van der Waals surface area contributed by atoms with Gasteiger partial charge >= 0.3 is 0 Å². The van der Waals surface area contributed by atoms with E-state index >= 15 is 0 Å². The van der Waals surface area contributed by atoms with Crippen LogP contribution in [0.5, 0.6) is 0 Å². The lowest BCUT2D eigenvalue weighted by Crippen LogP contribution is -2.48. The third-order valence-electron chi connectivity index (χ3n) is 4.51. The van der Waals surface area contributed by atoms with Gasteiger partial charge in [0.25, 0.3) is 17.7 Å². The molecule has 0 aliphatic rings. The van der Waals surface area contributed by atoms with Crippen LogP contribution in [0.4, 0.5) is 15.8 Å². The Bertz CT molecular complexity index is 1200. The van der Waals surface area contributed by atoms with E-state index < -0.39 is 29.1 Å². The quantitative estimate of drug-likeness (QED) is 0.417. The zero-order valence-electron chi connectivity index (χ0n) is 17.9. The number of hydrogen-bond donors (Lipinski definition) is 4. The Morgan fingerprint density at radius 1 is 1.18 bits per heavy atom. The fourth-order valence-corrected chi connectivity index (χ4v) is 3.31. The summed E-state index contributed by atoms with van der Waals surface area (Å²) >= 11 is 5.94. The maximum atomic E-state index is 13.2. The van der Waals surface area contributed by atoms with E-state index in [1.165, 1.54) is 17.3 Å². The Balaban J connectivity index is 1.86. The van der Waals surface area contributed by atoms with Gasteiger partial charge in [-0.05, 0) is 56.3 Å². The first-order chi connectivity index (χ1) is 15.5. The summed E-state index contributed by atoms with van der Waals surface area (Å²) in [5.41, 5.74) is 11.4. The predicted octanol–water partition coefficient (Wildman–Crippen LogP) is 2.94. The third kappa shape index (κ3) is 5.73. The summed E-state index contributed by atoms with van der Waals surface area (Å²) < 4.78 is 13.2. The molecule has 0 spiro atoms. The van der Waals surface area contributed by atoms with Crippen LogP contribution in [-0.4, -0.2) is 39.8 Å². The number of H-pyrrole nitrogens is 1. The molecule has 6 N–H and O–H groups in total. The van der Waals surface area contributed by atoms with E-state index in [1.807, 2.05) is 0 Å². The number of nitrogens with two attached hydrogens (primary N) is 2. The second kappa shape index (κ2) is 9.39. The Kier molecular flexibility index (Phi) is 6.80. The van der Waals surface area contributed by atoms with Crippen LogP contribution in [0.25, 0.3) is 0 Å². The average molecular weight is 473 g/mol. The van der Waals surface area contributed by atoms with Crippen molar-refractivity contribution in [2.24, 2.45) is 11.5 Å². The highest BCUT2D eigenvalue weighted by molar-refractivity contribution is 6.34. The van der Waals surface area contributed by atoms with E-state index in [-0.39, 0.29) is 28.5 Å². The summed E-state index contributed by atoms with van der Waals surface area (Å²) in [4.78, 5) is 45.1. The maximum Gasteiger partial charge on any atom is 0.279 e. The predicted molar refractivity (Wildman–Crippen MR) is 123 cm³/mol. The van der Waals surface area contributed by atoms with Crippen LogP contribution in [0.2, 0.25) is 5.02 Å². The summed E-state index contributed by atoms with van der Waals surface area (Å²) in [6, 6.07) is 9.82. The molecular formula is C22H22ClFN6O3. The van der Waals surface area contributed by atoms with Crippen LogP contribution in [0.3, 0.4) is 0 Å². The highest BCUT2D eigenvalue weighted by Crippen LogP contribution is 2.24. The molecule has 1 heterocycles. The number of imidazole rings is 1. The van der Waals surface area contributed by atoms with E-state index in [9.17, 15) is 18.8 Å². The largest absolute Gasteiger partial charge is 0.364 e. The number of benzene rings is 2. The Hall–Kier alpha value is -3.76. The molecule has 9 nitrogen and oxygen atoms in total. The standard InChI is InChI=1S/C22H22ClFN6O3/c1-22(2,26)10-30(21(33)18-17(19(25)31)27-11-28-18)14-6-4-13(5-7-14)29-20(32)15-8-3-12(24)9-16(15)23/h3-9,11H,10,26H2,1-2H3,(H2,25,31)(H,27,28)(H,29,32). The molecule has 0 saturated heterocycles. The summed E-state index contributed by atoms with van der Waals surface area (Å²) in [5.74, 6) is -2.46. The lowest BCUT2D eigenvalue weighted by molar-refractivity contribution is 0.0952. The molecule has 33 heavy (non-hydrogen) atoms. The van der Waals surface area contributed by atoms with Gasteiger partial charge in [-0.2, -0.15) is 0 Å². The molecule has 0 saturated carbocycles. The molecule has 0 fully saturated rings. The fourth-order valence-electron chi connectivity index (χ4n) is 3.06. The van der Waals surface area contributed by atoms with Crippen molar-refractivity contribution in [1.82, 2.24) is 9.97 Å². The Morgan fingerprint density at radius 2 is 1.85 bits per heavy atom. The highest BCUT2D eigenvalue weighted by Gasteiger charge is 2.28. The third-order valence-corrected chi connectivity index (χ3v) is 4.82. The average Bonchev–Trinajstić information content (AvgIpc) is 3.22. The van der Waals surface area contributed by atoms with E-state index in [0.29, 0.717) is 11.4 Å². The zero-order valence-corrected chi connectivity index (χ0v) is 18.6. The molecule has 1 aromatic heterocycles. The molecule has 2 aromatic carbocycles. The second-order valence-electron chi connectivity index (χ2n) is 8.00. The van der Waals surface area contributed by atoms with Gasteiger partial charge in [0, 0.05) is 23.5 Å². The molecule has 0 atom stereocenters. The van der Waals surface area contributed by atoms with Crippen molar-refractivity contribution >= 4 is 40.7 Å². The van der Waals surface area contributed by atoms with Gasteiger partial charge in [-0.3, -0.25) is 14.4 Å². The lowest BCUT2D eigenvalue weighted by Gasteiger charge is -2.30. The van der Waals surface area contributed by atoms with Crippen molar-refractivity contribution in [3.05, 3.63) is 76.6 Å². The summed E-state index contributed by atoms with van der Waals surface area (Å²) in [6.45, 7) is 3.59. The van der Waals surface area contributed by atoms with E-state index in [4.69, 9.17) is 23.1 Å². The van der Waals surface area contributed by atoms with Gasteiger partial charge in [-0.1, -0.05) is 11.6 Å². The highest BCUT2D eigenvalue weighted by atomic mass is 35.5. The number of hydrogen-bond acceptors (Lipinski definition) is 5. The maximum absolute atomic E-state index is 13.2. The Labute approximate surface area is 193 Å². The van der Waals surface area contributed by atoms with Crippen LogP contribution in [0.1, 0.15) is 45.2 Å². The SMILES string of the molecule is CC(C)(N)CN(C(=O)c1nc[nH]c1C(N)=O)c1ccc(NC(=O)c2ccc(F)cc2Cl)cc1. The lowest BCUT2D eigenvalue weighted by atomic mass is 10.1. The van der Waals surface area contributed by atoms with Crippen molar-refractivity contribution in [2.45, 2.75) is 19.4 Å². The zero-order chi connectivity index (χ0) is 24.3. The number of carbonyl (C=O) groups excluding carboxylic acids is 3. The topological polar surface area (TPSA) is 147 Å². The number of nitrogens with one attached hydrogen (secondary N) is 2. The van der Waals surface area contributed by atoms with Crippen molar-refractivity contribution in [1.29, 1.82) is 0 Å². The van der Waals surface area contributed by atoms with Crippen molar-refractivity contribution < 1.29 is 18.8 Å². The summed E-state index contributed by atoms with van der Waals surface area (Å²) in [5, 5.41) is 2.64. The van der Waals surface area contributed by atoms with E-state index in [0.717, 1.165) is 12.1 Å². The first-order valence-corrected chi connectivity index (χ1v) is 10.1. The molecular weight excluding hydrogens is 451 g/mol. The van der Waals surface area contributed by atoms with Crippen LogP contribution in [-0.2, 0) is 0 Å². The molecule has 3 aromatic rings.